The van der Waals surface area contributed by atoms with Gasteiger partial charge in [0.05, 0.1) is 6.10 Å². The number of nitrogens with one attached hydrogen (secondary N) is 1. The van der Waals surface area contributed by atoms with Crippen molar-refractivity contribution in [3.63, 3.8) is 0 Å². The second-order valence-corrected chi connectivity index (χ2v) is 6.40. The van der Waals surface area contributed by atoms with Gasteiger partial charge >= 0.3 is 0 Å². The fraction of sp³-hybridized carbons (Fsp3) is 0.647. The van der Waals surface area contributed by atoms with E-state index in [9.17, 15) is 5.11 Å². The van der Waals surface area contributed by atoms with Gasteiger partial charge in [0, 0.05) is 31.2 Å². The normalized spacial score (nSPS) is 28.0. The monoisotopic (exact) mass is 274 g/mol. The molecule has 3 rings (SSSR count). The van der Waals surface area contributed by atoms with Gasteiger partial charge in [-0.1, -0.05) is 12.1 Å². The van der Waals surface area contributed by atoms with Gasteiger partial charge in [0.15, 0.2) is 0 Å². The lowest BCUT2D eigenvalue weighted by atomic mass is 9.85. The lowest BCUT2D eigenvalue weighted by Gasteiger charge is -2.22. The molecule has 3 unspecified atom stereocenters. The second-order valence-electron chi connectivity index (χ2n) is 6.40. The highest BCUT2D eigenvalue weighted by Crippen LogP contribution is 2.32. The summed E-state index contributed by atoms with van der Waals surface area (Å²) in [7, 11) is 0. The summed E-state index contributed by atoms with van der Waals surface area (Å²) in [6, 6.07) is 9.14. The highest BCUT2D eigenvalue weighted by atomic mass is 16.3. The van der Waals surface area contributed by atoms with Crippen molar-refractivity contribution in [2.24, 2.45) is 5.92 Å². The van der Waals surface area contributed by atoms with Crippen LogP contribution < -0.4 is 10.2 Å². The summed E-state index contributed by atoms with van der Waals surface area (Å²) >= 11 is 0. The lowest BCUT2D eigenvalue weighted by Crippen LogP contribution is -2.18. The number of aliphatic hydroxyl groups is 1. The summed E-state index contributed by atoms with van der Waals surface area (Å²) in [5.74, 6) is 1.12. The third kappa shape index (κ3) is 2.99. The molecule has 1 aromatic carbocycles. The van der Waals surface area contributed by atoms with Crippen LogP contribution in [-0.2, 0) is 0 Å². The molecule has 2 fully saturated rings. The van der Waals surface area contributed by atoms with Crippen molar-refractivity contribution in [3.05, 3.63) is 29.8 Å². The first-order chi connectivity index (χ1) is 9.74. The fourth-order valence-corrected chi connectivity index (χ4v) is 3.72. The Bertz CT molecular complexity index is 423. The van der Waals surface area contributed by atoms with Crippen LogP contribution in [0.4, 0.5) is 5.69 Å². The maximum absolute atomic E-state index is 9.63. The molecule has 3 atom stereocenters. The summed E-state index contributed by atoms with van der Waals surface area (Å²) in [5.41, 5.74) is 2.79. The molecule has 3 heteroatoms. The number of rotatable bonds is 4. The Labute approximate surface area is 122 Å². The summed E-state index contributed by atoms with van der Waals surface area (Å²) in [6.07, 6.45) is 3.34. The number of hydrogen-bond acceptors (Lipinski definition) is 3. The van der Waals surface area contributed by atoms with Crippen LogP contribution in [0.3, 0.4) is 0 Å². The molecule has 20 heavy (non-hydrogen) atoms. The van der Waals surface area contributed by atoms with Gasteiger partial charge in [-0.15, -0.1) is 0 Å². The zero-order valence-corrected chi connectivity index (χ0v) is 12.4. The Morgan fingerprint density at radius 1 is 1.20 bits per heavy atom. The van der Waals surface area contributed by atoms with E-state index in [1.54, 1.807) is 0 Å². The van der Waals surface area contributed by atoms with Crippen molar-refractivity contribution < 1.29 is 5.11 Å². The molecule has 2 aliphatic heterocycles. The highest BCUT2D eigenvalue weighted by Gasteiger charge is 2.29. The minimum Gasteiger partial charge on any atom is -0.393 e. The van der Waals surface area contributed by atoms with Gasteiger partial charge in [-0.05, 0) is 56.3 Å². The molecule has 1 aromatic rings. The van der Waals surface area contributed by atoms with Gasteiger partial charge in [-0.25, -0.2) is 0 Å². The molecular formula is C17H26N2O. The van der Waals surface area contributed by atoms with E-state index in [4.69, 9.17) is 0 Å². The van der Waals surface area contributed by atoms with Crippen molar-refractivity contribution >= 4 is 5.69 Å². The Balaban J connectivity index is 1.70. The summed E-state index contributed by atoms with van der Waals surface area (Å²) < 4.78 is 0. The zero-order chi connectivity index (χ0) is 13.9. The van der Waals surface area contributed by atoms with E-state index in [-0.39, 0.29) is 6.10 Å². The first kappa shape index (κ1) is 13.9. The van der Waals surface area contributed by atoms with E-state index in [1.165, 1.54) is 37.2 Å². The number of aliphatic hydroxyl groups excluding tert-OH is 1. The first-order valence-corrected chi connectivity index (χ1v) is 7.98. The van der Waals surface area contributed by atoms with Crippen LogP contribution in [0.2, 0.25) is 0 Å². The van der Waals surface area contributed by atoms with Crippen LogP contribution in [-0.4, -0.2) is 37.4 Å². The quantitative estimate of drug-likeness (QED) is 0.885. The van der Waals surface area contributed by atoms with E-state index in [2.05, 4.69) is 34.5 Å². The molecule has 0 aliphatic carbocycles. The van der Waals surface area contributed by atoms with Crippen LogP contribution in [0.1, 0.15) is 37.7 Å². The number of benzene rings is 1. The number of nitrogens with zero attached hydrogens (tertiary/aromatic N) is 1. The molecule has 0 aromatic heterocycles. The van der Waals surface area contributed by atoms with Crippen LogP contribution >= 0.6 is 0 Å². The third-order valence-corrected chi connectivity index (χ3v) is 4.78. The van der Waals surface area contributed by atoms with Crippen molar-refractivity contribution in [2.45, 2.75) is 38.2 Å². The summed E-state index contributed by atoms with van der Waals surface area (Å²) in [6.45, 7) is 6.37. The maximum Gasteiger partial charge on any atom is 0.0515 e. The van der Waals surface area contributed by atoms with E-state index >= 15 is 0 Å². The van der Waals surface area contributed by atoms with Crippen LogP contribution in [0, 0.1) is 5.92 Å². The fourth-order valence-electron chi connectivity index (χ4n) is 3.72. The average Bonchev–Trinajstić information content (AvgIpc) is 3.09. The van der Waals surface area contributed by atoms with Crippen molar-refractivity contribution in [3.8, 4) is 0 Å². The van der Waals surface area contributed by atoms with Crippen molar-refractivity contribution in [1.29, 1.82) is 0 Å². The van der Waals surface area contributed by atoms with E-state index in [1.807, 2.05) is 6.92 Å². The molecule has 2 aliphatic rings. The lowest BCUT2D eigenvalue weighted by molar-refractivity contribution is 0.160. The van der Waals surface area contributed by atoms with Crippen LogP contribution in [0.15, 0.2) is 24.3 Å². The molecular weight excluding hydrogens is 248 g/mol. The molecule has 2 N–H and O–H groups in total. The van der Waals surface area contributed by atoms with Gasteiger partial charge in [-0.2, -0.15) is 0 Å². The maximum atomic E-state index is 9.63. The van der Waals surface area contributed by atoms with Crippen LogP contribution in [0.25, 0.3) is 0 Å². The molecule has 0 amide bonds. The third-order valence-electron chi connectivity index (χ3n) is 4.78. The molecule has 0 radical (unpaired) electrons. The van der Waals surface area contributed by atoms with Crippen molar-refractivity contribution in [1.82, 2.24) is 5.32 Å². The Morgan fingerprint density at radius 3 is 2.55 bits per heavy atom. The van der Waals surface area contributed by atoms with E-state index in [0.717, 1.165) is 19.5 Å². The van der Waals surface area contributed by atoms with E-state index < -0.39 is 0 Å². The van der Waals surface area contributed by atoms with Gasteiger partial charge in [0.25, 0.3) is 0 Å². The smallest absolute Gasteiger partial charge is 0.0515 e. The molecule has 2 heterocycles. The second kappa shape index (κ2) is 6.15. The predicted molar refractivity (Wildman–Crippen MR) is 83.3 cm³/mol. The zero-order valence-electron chi connectivity index (χ0n) is 12.4. The van der Waals surface area contributed by atoms with Crippen molar-refractivity contribution in [2.75, 3.05) is 31.1 Å². The largest absolute Gasteiger partial charge is 0.393 e. The molecule has 0 spiro atoms. The highest BCUT2D eigenvalue weighted by molar-refractivity contribution is 5.49. The first-order valence-electron chi connectivity index (χ1n) is 7.98. The Morgan fingerprint density at radius 2 is 1.90 bits per heavy atom. The number of anilines is 1. The predicted octanol–water partition coefficient (Wildman–Crippen LogP) is 2.36. The molecule has 2 saturated heterocycles. The standard InChI is InChI=1S/C17H26N2O/c1-13(20)10-15-11-18-12-17(15)14-4-6-16(7-5-14)19-8-2-3-9-19/h4-7,13,15,17-18,20H,2-3,8-12H2,1H3. The summed E-state index contributed by atoms with van der Waals surface area (Å²) in [5, 5.41) is 13.1. The molecule has 110 valence electrons. The van der Waals surface area contributed by atoms with E-state index in [0.29, 0.717) is 11.8 Å². The molecule has 0 saturated carbocycles. The Hall–Kier alpha value is -1.06. The summed E-state index contributed by atoms with van der Waals surface area (Å²) in [4.78, 5) is 2.48. The SMILES string of the molecule is CC(O)CC1CNCC1c1ccc(N2CCCC2)cc1. The van der Waals surface area contributed by atoms with Crippen LogP contribution in [0.5, 0.6) is 0 Å². The minimum absolute atomic E-state index is 0.203. The van der Waals surface area contributed by atoms with Gasteiger partial charge < -0.3 is 15.3 Å². The Kier molecular flexibility index (Phi) is 4.27. The average molecular weight is 274 g/mol. The molecule has 3 nitrogen and oxygen atoms in total. The number of hydrogen-bond donors (Lipinski definition) is 2. The van der Waals surface area contributed by atoms with Gasteiger partial charge in [0.1, 0.15) is 0 Å². The van der Waals surface area contributed by atoms with Gasteiger partial charge in [-0.3, -0.25) is 0 Å². The topological polar surface area (TPSA) is 35.5 Å². The molecule has 0 bridgehead atoms. The van der Waals surface area contributed by atoms with Gasteiger partial charge in [0.2, 0.25) is 0 Å². The minimum atomic E-state index is -0.203.